The van der Waals surface area contributed by atoms with E-state index >= 15 is 0 Å². The minimum Gasteiger partial charge on any atom is -0.354 e. The third kappa shape index (κ3) is 4.79. The maximum atomic E-state index is 12.9. The van der Waals surface area contributed by atoms with Gasteiger partial charge in [-0.3, -0.25) is 9.69 Å². The van der Waals surface area contributed by atoms with Gasteiger partial charge in [0.05, 0.1) is 6.04 Å². The van der Waals surface area contributed by atoms with Crippen LogP contribution in [0.2, 0.25) is 5.02 Å². The van der Waals surface area contributed by atoms with E-state index in [0.717, 1.165) is 50.5 Å². The molecule has 0 bridgehead atoms. The number of hydrogen-bond donors (Lipinski definition) is 1. The molecule has 0 aliphatic carbocycles. The van der Waals surface area contributed by atoms with Crippen molar-refractivity contribution in [3.8, 4) is 0 Å². The van der Waals surface area contributed by atoms with E-state index in [9.17, 15) is 4.79 Å². The first-order chi connectivity index (χ1) is 12.5. The number of piperidine rings is 1. The quantitative estimate of drug-likeness (QED) is 0.826. The topological polar surface area (TPSA) is 35.6 Å². The summed E-state index contributed by atoms with van der Waals surface area (Å²) in [5.41, 5.74) is 1.55. The maximum absolute atomic E-state index is 12.9. The second-order valence-corrected chi connectivity index (χ2v) is 8.60. The Balaban J connectivity index is 1.55. The lowest BCUT2D eigenvalue weighted by Crippen LogP contribution is -2.44. The van der Waals surface area contributed by atoms with Gasteiger partial charge in [0.1, 0.15) is 0 Å². The van der Waals surface area contributed by atoms with Crippen LogP contribution in [0.5, 0.6) is 0 Å². The number of likely N-dealkylation sites (tertiary alicyclic amines) is 2. The average Bonchev–Trinajstić information content (AvgIpc) is 2.98. The third-order valence-electron chi connectivity index (χ3n) is 6.09. The summed E-state index contributed by atoms with van der Waals surface area (Å²) in [6, 6.07) is 7.91. The SMILES string of the molecule is CCCN1CC2(CCN(C)CC2)C[C@H]1C(=O)NCCc1ccc(Cl)cc1. The maximum Gasteiger partial charge on any atom is 0.237 e. The van der Waals surface area contributed by atoms with E-state index in [-0.39, 0.29) is 11.9 Å². The summed E-state index contributed by atoms with van der Waals surface area (Å²) in [5.74, 6) is 0.211. The number of amides is 1. The van der Waals surface area contributed by atoms with Crippen LogP contribution in [0.15, 0.2) is 24.3 Å². The Morgan fingerprint density at radius 1 is 1.27 bits per heavy atom. The molecule has 0 aromatic heterocycles. The first kappa shape index (κ1) is 19.7. The highest BCUT2D eigenvalue weighted by molar-refractivity contribution is 6.30. The van der Waals surface area contributed by atoms with E-state index in [2.05, 4.69) is 29.1 Å². The van der Waals surface area contributed by atoms with Crippen molar-refractivity contribution in [3.05, 3.63) is 34.9 Å². The van der Waals surface area contributed by atoms with Crippen LogP contribution < -0.4 is 5.32 Å². The minimum absolute atomic E-state index is 0.0450. The summed E-state index contributed by atoms with van der Waals surface area (Å²) >= 11 is 5.93. The van der Waals surface area contributed by atoms with E-state index in [1.54, 1.807) is 0 Å². The Morgan fingerprint density at radius 3 is 2.62 bits per heavy atom. The summed E-state index contributed by atoms with van der Waals surface area (Å²) in [6.07, 6.45) is 5.41. The summed E-state index contributed by atoms with van der Waals surface area (Å²) in [7, 11) is 2.20. The molecule has 5 heteroatoms. The molecular formula is C21H32ClN3O. The molecule has 2 heterocycles. The van der Waals surface area contributed by atoms with Crippen LogP contribution >= 0.6 is 11.6 Å². The van der Waals surface area contributed by atoms with E-state index in [0.29, 0.717) is 12.0 Å². The molecule has 1 amide bonds. The molecule has 1 spiro atoms. The lowest BCUT2D eigenvalue weighted by atomic mass is 9.76. The summed E-state index contributed by atoms with van der Waals surface area (Å²) in [5, 5.41) is 3.94. The van der Waals surface area contributed by atoms with Crippen LogP contribution in [0.3, 0.4) is 0 Å². The molecule has 1 N–H and O–H groups in total. The number of nitrogens with one attached hydrogen (secondary N) is 1. The number of halogens is 1. The lowest BCUT2D eigenvalue weighted by molar-refractivity contribution is -0.125. The predicted molar refractivity (Wildman–Crippen MR) is 108 cm³/mol. The van der Waals surface area contributed by atoms with Crippen molar-refractivity contribution >= 4 is 17.5 Å². The third-order valence-corrected chi connectivity index (χ3v) is 6.34. The first-order valence-electron chi connectivity index (χ1n) is 9.96. The molecule has 2 saturated heterocycles. The lowest BCUT2D eigenvalue weighted by Gasteiger charge is -2.37. The Hall–Kier alpha value is -1.10. The second-order valence-electron chi connectivity index (χ2n) is 8.16. The van der Waals surface area contributed by atoms with E-state index in [4.69, 9.17) is 11.6 Å². The van der Waals surface area contributed by atoms with Gasteiger partial charge in [0.15, 0.2) is 0 Å². The molecule has 144 valence electrons. The molecule has 2 fully saturated rings. The van der Waals surface area contributed by atoms with Crippen LogP contribution in [0.1, 0.15) is 38.2 Å². The smallest absolute Gasteiger partial charge is 0.237 e. The molecule has 4 nitrogen and oxygen atoms in total. The van der Waals surface area contributed by atoms with E-state index in [1.807, 2.05) is 24.3 Å². The largest absolute Gasteiger partial charge is 0.354 e. The van der Waals surface area contributed by atoms with Crippen molar-refractivity contribution in [2.75, 3.05) is 39.8 Å². The zero-order valence-electron chi connectivity index (χ0n) is 16.1. The van der Waals surface area contributed by atoms with Crippen molar-refractivity contribution < 1.29 is 4.79 Å². The van der Waals surface area contributed by atoms with E-state index < -0.39 is 0 Å². The molecule has 0 saturated carbocycles. The molecule has 0 unspecified atom stereocenters. The van der Waals surface area contributed by atoms with Gasteiger partial charge < -0.3 is 10.2 Å². The van der Waals surface area contributed by atoms with Crippen molar-refractivity contribution in [2.45, 2.75) is 45.1 Å². The molecule has 0 radical (unpaired) electrons. The van der Waals surface area contributed by atoms with Gasteiger partial charge in [-0.15, -0.1) is 0 Å². The van der Waals surface area contributed by atoms with Crippen LogP contribution in [-0.4, -0.2) is 61.5 Å². The molecule has 2 aliphatic heterocycles. The van der Waals surface area contributed by atoms with Crippen molar-refractivity contribution in [1.29, 1.82) is 0 Å². The van der Waals surface area contributed by atoms with Gasteiger partial charge in [-0.2, -0.15) is 0 Å². The average molecular weight is 378 g/mol. The second kappa shape index (κ2) is 8.73. The van der Waals surface area contributed by atoms with Crippen molar-refractivity contribution in [3.63, 3.8) is 0 Å². The number of hydrogen-bond acceptors (Lipinski definition) is 3. The van der Waals surface area contributed by atoms with Gasteiger partial charge in [-0.05, 0) is 81.9 Å². The fraction of sp³-hybridized carbons (Fsp3) is 0.667. The Morgan fingerprint density at radius 2 is 1.96 bits per heavy atom. The van der Waals surface area contributed by atoms with Crippen molar-refractivity contribution in [1.82, 2.24) is 15.1 Å². The Kier molecular flexibility index (Phi) is 6.60. The van der Waals surface area contributed by atoms with Crippen LogP contribution in [0, 0.1) is 5.41 Å². The number of benzene rings is 1. The minimum atomic E-state index is 0.0450. The molecule has 1 aromatic carbocycles. The predicted octanol–water partition coefficient (Wildman–Crippen LogP) is 3.20. The van der Waals surface area contributed by atoms with Gasteiger partial charge in [-0.1, -0.05) is 30.7 Å². The molecule has 2 aliphatic rings. The molecule has 3 rings (SSSR count). The zero-order valence-corrected chi connectivity index (χ0v) is 16.9. The number of carbonyl (C=O) groups is 1. The van der Waals surface area contributed by atoms with Gasteiger partial charge in [0.25, 0.3) is 0 Å². The standard InChI is InChI=1S/C21H32ClN3O/c1-3-12-25-16-21(9-13-24(2)14-10-21)15-19(25)20(26)23-11-8-17-4-6-18(22)7-5-17/h4-7,19H,3,8-16H2,1-2H3,(H,23,26)/t19-/m0/s1. The highest BCUT2D eigenvalue weighted by atomic mass is 35.5. The van der Waals surface area contributed by atoms with Gasteiger partial charge >= 0.3 is 0 Å². The summed E-state index contributed by atoms with van der Waals surface area (Å²) in [6.45, 7) is 7.31. The zero-order chi connectivity index (χ0) is 18.6. The monoisotopic (exact) mass is 377 g/mol. The molecular weight excluding hydrogens is 346 g/mol. The molecule has 1 atom stereocenters. The Labute approximate surface area is 162 Å². The van der Waals surface area contributed by atoms with Crippen LogP contribution in [0.25, 0.3) is 0 Å². The fourth-order valence-electron chi connectivity index (χ4n) is 4.48. The normalized spacial score (nSPS) is 23.4. The number of nitrogens with zero attached hydrogens (tertiary/aromatic N) is 2. The molecule has 1 aromatic rings. The summed E-state index contributed by atoms with van der Waals surface area (Å²) in [4.78, 5) is 17.7. The van der Waals surface area contributed by atoms with Gasteiger partial charge in [0, 0.05) is 18.1 Å². The van der Waals surface area contributed by atoms with Crippen LogP contribution in [0.4, 0.5) is 0 Å². The highest BCUT2D eigenvalue weighted by Gasteiger charge is 2.47. The van der Waals surface area contributed by atoms with Gasteiger partial charge in [0.2, 0.25) is 5.91 Å². The summed E-state index contributed by atoms with van der Waals surface area (Å²) < 4.78 is 0. The van der Waals surface area contributed by atoms with E-state index in [1.165, 1.54) is 18.4 Å². The van der Waals surface area contributed by atoms with Gasteiger partial charge in [-0.25, -0.2) is 0 Å². The fourth-order valence-corrected chi connectivity index (χ4v) is 4.61. The molecule has 26 heavy (non-hydrogen) atoms. The highest BCUT2D eigenvalue weighted by Crippen LogP contribution is 2.43. The van der Waals surface area contributed by atoms with Crippen molar-refractivity contribution in [2.24, 2.45) is 5.41 Å². The first-order valence-corrected chi connectivity index (χ1v) is 10.3. The van der Waals surface area contributed by atoms with Crippen LogP contribution in [-0.2, 0) is 11.2 Å². The Bertz CT molecular complexity index is 596. The number of carbonyl (C=O) groups excluding carboxylic acids is 1. The number of rotatable bonds is 6.